The van der Waals surface area contributed by atoms with Gasteiger partial charge in [-0.15, -0.1) is 0 Å². The number of hydrogen-bond donors (Lipinski definition) is 1. The fourth-order valence-electron chi connectivity index (χ4n) is 1.37. The first-order valence-corrected chi connectivity index (χ1v) is 6.43. The number of pyridine rings is 2. The molecule has 0 spiro atoms. The molecule has 2 rings (SSSR count). The van der Waals surface area contributed by atoms with Crippen LogP contribution in [-0.4, -0.2) is 34.0 Å². The molecule has 0 amide bonds. The van der Waals surface area contributed by atoms with E-state index in [1.807, 2.05) is 0 Å². The van der Waals surface area contributed by atoms with E-state index in [-0.39, 0.29) is 28.0 Å². The average molecular weight is 359 g/mol. The normalized spacial score (nSPS) is 9.46. The first kappa shape index (κ1) is 18.8. The fourth-order valence-corrected chi connectivity index (χ4v) is 1.55. The summed E-state index contributed by atoms with van der Waals surface area (Å²) in [6.45, 7) is 0. The van der Waals surface area contributed by atoms with Crippen LogP contribution in [0.4, 0.5) is 11.4 Å². The Kier molecular flexibility index (Phi) is 6.62. The van der Waals surface area contributed by atoms with Crippen molar-refractivity contribution in [3.8, 4) is 11.5 Å². The fraction of sp³-hybridized carbons (Fsp3) is 0.167. The highest BCUT2D eigenvalue weighted by Gasteiger charge is 2.10. The molecular weight excluding hydrogens is 348 g/mol. The van der Waals surface area contributed by atoms with Gasteiger partial charge in [0.1, 0.15) is 6.20 Å². The summed E-state index contributed by atoms with van der Waals surface area (Å²) >= 11 is 5.54. The van der Waals surface area contributed by atoms with Gasteiger partial charge in [-0.3, -0.25) is 25.0 Å². The Morgan fingerprint density at radius 2 is 1.62 bits per heavy atom. The van der Waals surface area contributed by atoms with E-state index in [2.05, 4.69) is 14.7 Å². The molecule has 0 saturated heterocycles. The molecule has 0 atom stereocenters. The average Bonchev–Trinajstić information content (AvgIpc) is 2.55. The van der Waals surface area contributed by atoms with Crippen LogP contribution >= 0.6 is 11.6 Å². The van der Waals surface area contributed by atoms with Gasteiger partial charge in [0.05, 0.1) is 42.4 Å². The number of aromatic nitrogens is 2. The van der Waals surface area contributed by atoms with E-state index in [0.717, 1.165) is 18.5 Å². The van der Waals surface area contributed by atoms with Crippen molar-refractivity contribution in [1.82, 2.24) is 9.97 Å². The molecule has 128 valence electrons. The maximum Gasteiger partial charge on any atom is 0.291 e. The predicted molar refractivity (Wildman–Crippen MR) is 82.7 cm³/mol. The SMILES string of the molecule is COc1cc([N+](=O)[O-])c[nH]c1=O.COc1cc([N+](=O)[O-])cnc1Cl. The number of halogens is 1. The van der Waals surface area contributed by atoms with E-state index >= 15 is 0 Å². The summed E-state index contributed by atoms with van der Waals surface area (Å²) in [6.07, 6.45) is 2.09. The van der Waals surface area contributed by atoms with Crippen LogP contribution in [0.1, 0.15) is 0 Å². The van der Waals surface area contributed by atoms with Crippen molar-refractivity contribution in [2.24, 2.45) is 0 Å². The van der Waals surface area contributed by atoms with Crippen molar-refractivity contribution in [2.45, 2.75) is 0 Å². The topological polar surface area (TPSA) is 150 Å². The number of nitrogens with one attached hydrogen (secondary N) is 1. The lowest BCUT2D eigenvalue weighted by atomic mass is 10.4. The van der Waals surface area contributed by atoms with Crippen LogP contribution in [0, 0.1) is 20.2 Å². The van der Waals surface area contributed by atoms with Gasteiger partial charge in [-0.2, -0.15) is 0 Å². The minimum Gasteiger partial charge on any atom is -0.493 e. The number of hydrogen-bond acceptors (Lipinski definition) is 8. The predicted octanol–water partition coefficient (Wildman–Crippen LogP) is 1.94. The molecule has 0 radical (unpaired) electrons. The lowest BCUT2D eigenvalue weighted by molar-refractivity contribution is -0.385. The summed E-state index contributed by atoms with van der Waals surface area (Å²) < 4.78 is 9.32. The summed E-state index contributed by atoms with van der Waals surface area (Å²) in [7, 11) is 2.64. The largest absolute Gasteiger partial charge is 0.493 e. The van der Waals surface area contributed by atoms with Gasteiger partial charge >= 0.3 is 0 Å². The molecule has 24 heavy (non-hydrogen) atoms. The number of nitro groups is 2. The van der Waals surface area contributed by atoms with Crippen LogP contribution in [0.5, 0.6) is 11.5 Å². The van der Waals surface area contributed by atoms with Crippen LogP contribution in [0.3, 0.4) is 0 Å². The first-order chi connectivity index (χ1) is 11.3. The molecule has 0 fully saturated rings. The molecule has 0 aliphatic carbocycles. The molecule has 2 aromatic heterocycles. The Bertz CT molecular complexity index is 808. The van der Waals surface area contributed by atoms with Crippen molar-refractivity contribution in [3.05, 3.63) is 60.3 Å². The highest BCUT2D eigenvalue weighted by atomic mass is 35.5. The second-order valence-corrected chi connectivity index (χ2v) is 4.31. The zero-order valence-electron chi connectivity index (χ0n) is 12.4. The van der Waals surface area contributed by atoms with Gasteiger partial charge < -0.3 is 14.5 Å². The van der Waals surface area contributed by atoms with Crippen molar-refractivity contribution < 1.29 is 19.3 Å². The minimum atomic E-state index is -0.613. The van der Waals surface area contributed by atoms with E-state index in [1.165, 1.54) is 20.3 Å². The van der Waals surface area contributed by atoms with Crippen molar-refractivity contribution in [2.75, 3.05) is 14.2 Å². The Hall–Kier alpha value is -3.21. The lowest BCUT2D eigenvalue weighted by Gasteiger charge is -1.99. The molecule has 0 bridgehead atoms. The van der Waals surface area contributed by atoms with E-state index in [4.69, 9.17) is 16.3 Å². The number of H-pyrrole nitrogens is 1. The molecule has 0 aromatic carbocycles. The number of methoxy groups -OCH3 is 2. The smallest absolute Gasteiger partial charge is 0.291 e. The molecule has 11 nitrogen and oxygen atoms in total. The van der Waals surface area contributed by atoms with E-state index in [9.17, 15) is 25.0 Å². The highest BCUT2D eigenvalue weighted by molar-refractivity contribution is 6.30. The van der Waals surface area contributed by atoms with Gasteiger partial charge in [0.15, 0.2) is 16.7 Å². The standard InChI is InChI=1S/C6H5ClN2O3.C6H6N2O4/c1-12-5-2-4(9(10)11)3-8-6(5)7;1-12-5-2-4(8(10)11)3-7-6(5)9/h2-3H,1H3;2-3H,1H3,(H,7,9). The van der Waals surface area contributed by atoms with Crippen molar-refractivity contribution in [3.63, 3.8) is 0 Å². The van der Waals surface area contributed by atoms with Crippen molar-refractivity contribution in [1.29, 1.82) is 0 Å². The maximum absolute atomic E-state index is 10.8. The zero-order chi connectivity index (χ0) is 18.3. The number of ether oxygens (including phenoxy) is 2. The summed E-state index contributed by atoms with van der Waals surface area (Å²) in [4.78, 5) is 35.8. The molecule has 0 unspecified atom stereocenters. The summed E-state index contributed by atoms with van der Waals surface area (Å²) in [5, 5.41) is 20.6. The molecule has 0 aliphatic rings. The van der Waals surface area contributed by atoms with Crippen LogP contribution in [0.15, 0.2) is 29.3 Å². The van der Waals surface area contributed by atoms with Crippen LogP contribution in [-0.2, 0) is 0 Å². The van der Waals surface area contributed by atoms with Gasteiger partial charge in [0, 0.05) is 0 Å². The summed E-state index contributed by atoms with van der Waals surface area (Å²) in [5.74, 6) is 0.134. The monoisotopic (exact) mass is 358 g/mol. The lowest BCUT2D eigenvalue weighted by Crippen LogP contribution is -2.08. The quantitative estimate of drug-likeness (QED) is 0.494. The van der Waals surface area contributed by atoms with Crippen molar-refractivity contribution >= 4 is 23.0 Å². The molecule has 2 heterocycles. The number of rotatable bonds is 4. The van der Waals surface area contributed by atoms with Gasteiger partial charge in [-0.1, -0.05) is 11.6 Å². The van der Waals surface area contributed by atoms with Gasteiger partial charge in [0.2, 0.25) is 0 Å². The highest BCUT2D eigenvalue weighted by Crippen LogP contribution is 2.25. The minimum absolute atomic E-state index is 0.0656. The Morgan fingerprint density at radius 3 is 2.12 bits per heavy atom. The molecule has 12 heteroatoms. The molecule has 0 aliphatic heterocycles. The van der Waals surface area contributed by atoms with E-state index in [0.29, 0.717) is 0 Å². The number of aromatic amines is 1. The Morgan fingerprint density at radius 1 is 1.08 bits per heavy atom. The third-order valence-electron chi connectivity index (χ3n) is 2.51. The Balaban J connectivity index is 0.000000240. The van der Waals surface area contributed by atoms with Crippen LogP contribution < -0.4 is 15.0 Å². The van der Waals surface area contributed by atoms with E-state index < -0.39 is 15.4 Å². The van der Waals surface area contributed by atoms with Crippen LogP contribution in [0.2, 0.25) is 5.15 Å². The maximum atomic E-state index is 10.8. The second-order valence-electron chi connectivity index (χ2n) is 3.96. The van der Waals surface area contributed by atoms with Crippen LogP contribution in [0.25, 0.3) is 0 Å². The van der Waals surface area contributed by atoms with E-state index in [1.54, 1.807) is 0 Å². The van der Waals surface area contributed by atoms with Gasteiger partial charge in [-0.25, -0.2) is 4.98 Å². The Labute approximate surface area is 139 Å². The summed E-state index contributed by atoms with van der Waals surface area (Å²) in [6, 6.07) is 2.29. The summed E-state index contributed by atoms with van der Waals surface area (Å²) in [5.41, 5.74) is -0.828. The van der Waals surface area contributed by atoms with Gasteiger partial charge in [0.25, 0.3) is 16.9 Å². The zero-order valence-corrected chi connectivity index (χ0v) is 13.1. The van der Waals surface area contributed by atoms with Gasteiger partial charge in [-0.05, 0) is 0 Å². The third-order valence-corrected chi connectivity index (χ3v) is 2.79. The third kappa shape index (κ3) is 4.91. The molecule has 0 saturated carbocycles. The second kappa shape index (κ2) is 8.43. The first-order valence-electron chi connectivity index (χ1n) is 6.05. The molecular formula is C12H11ClN4O7. The molecule has 1 N–H and O–H groups in total. The molecule has 2 aromatic rings. The number of nitrogens with zero attached hydrogens (tertiary/aromatic N) is 3.